The van der Waals surface area contributed by atoms with Gasteiger partial charge in [-0.3, -0.25) is 0 Å². The Morgan fingerprint density at radius 2 is 2.67 bits per heavy atom. The normalized spacial score (nSPS) is 21.5. The molecule has 15 heavy (non-hydrogen) atoms. The molecule has 2 rings (SSSR count). The molecule has 2 heterocycles. The van der Waals surface area contributed by atoms with Crippen molar-refractivity contribution in [3.05, 3.63) is 30.4 Å². The molecule has 1 aromatic rings. The van der Waals surface area contributed by atoms with Crippen LogP contribution in [0.3, 0.4) is 0 Å². The lowest BCUT2D eigenvalue weighted by molar-refractivity contribution is 0.0230. The SMILES string of the molecule is C=C(C)Cn1cncc1C1CNCCO1. The number of hydrogen-bond donors (Lipinski definition) is 1. The topological polar surface area (TPSA) is 39.1 Å². The summed E-state index contributed by atoms with van der Waals surface area (Å²) in [5.41, 5.74) is 2.25. The molecule has 0 aliphatic carbocycles. The molecule has 1 saturated heterocycles. The van der Waals surface area contributed by atoms with Crippen molar-refractivity contribution >= 4 is 0 Å². The van der Waals surface area contributed by atoms with Crippen LogP contribution in [0.1, 0.15) is 18.7 Å². The molecule has 1 fully saturated rings. The van der Waals surface area contributed by atoms with E-state index in [1.807, 2.05) is 19.4 Å². The molecule has 0 saturated carbocycles. The first-order chi connectivity index (χ1) is 7.27. The first kappa shape index (κ1) is 10.4. The molecule has 0 bridgehead atoms. The monoisotopic (exact) mass is 207 g/mol. The maximum atomic E-state index is 5.69. The van der Waals surface area contributed by atoms with Crippen LogP contribution in [0.4, 0.5) is 0 Å². The molecule has 1 unspecified atom stereocenters. The zero-order chi connectivity index (χ0) is 10.7. The Morgan fingerprint density at radius 3 is 3.33 bits per heavy atom. The summed E-state index contributed by atoms with van der Waals surface area (Å²) in [4.78, 5) is 4.16. The average Bonchev–Trinajstić information content (AvgIpc) is 2.66. The summed E-state index contributed by atoms with van der Waals surface area (Å²) >= 11 is 0. The first-order valence-electron chi connectivity index (χ1n) is 5.24. The fourth-order valence-electron chi connectivity index (χ4n) is 1.78. The maximum absolute atomic E-state index is 5.69. The Morgan fingerprint density at radius 1 is 1.80 bits per heavy atom. The van der Waals surface area contributed by atoms with Crippen LogP contribution in [0.5, 0.6) is 0 Å². The van der Waals surface area contributed by atoms with Crippen LogP contribution >= 0.6 is 0 Å². The predicted octanol–water partition coefficient (Wildman–Crippen LogP) is 1.12. The lowest BCUT2D eigenvalue weighted by Gasteiger charge is -2.24. The number of ether oxygens (including phenoxy) is 1. The van der Waals surface area contributed by atoms with Crippen molar-refractivity contribution in [2.75, 3.05) is 19.7 Å². The molecule has 0 radical (unpaired) electrons. The second kappa shape index (κ2) is 4.59. The number of aromatic nitrogens is 2. The highest BCUT2D eigenvalue weighted by atomic mass is 16.5. The number of allylic oxidation sites excluding steroid dienone is 1. The summed E-state index contributed by atoms with van der Waals surface area (Å²) < 4.78 is 7.79. The van der Waals surface area contributed by atoms with Crippen LogP contribution in [0.2, 0.25) is 0 Å². The van der Waals surface area contributed by atoms with Gasteiger partial charge in [0.2, 0.25) is 0 Å². The van der Waals surface area contributed by atoms with E-state index in [1.165, 1.54) is 0 Å². The van der Waals surface area contributed by atoms with Crippen molar-refractivity contribution in [3.8, 4) is 0 Å². The van der Waals surface area contributed by atoms with Gasteiger partial charge in [0.25, 0.3) is 0 Å². The molecule has 0 spiro atoms. The average molecular weight is 207 g/mol. The van der Waals surface area contributed by atoms with Crippen LogP contribution in [0.15, 0.2) is 24.7 Å². The molecule has 1 N–H and O–H groups in total. The highest BCUT2D eigenvalue weighted by Gasteiger charge is 2.19. The van der Waals surface area contributed by atoms with Gasteiger partial charge in [-0.15, -0.1) is 0 Å². The smallest absolute Gasteiger partial charge is 0.111 e. The Bertz CT molecular complexity index is 339. The van der Waals surface area contributed by atoms with Crippen molar-refractivity contribution in [1.29, 1.82) is 0 Å². The lowest BCUT2D eigenvalue weighted by atomic mass is 10.2. The van der Waals surface area contributed by atoms with Gasteiger partial charge in [0.05, 0.1) is 24.8 Å². The number of imidazole rings is 1. The van der Waals surface area contributed by atoms with Crippen LogP contribution in [-0.4, -0.2) is 29.2 Å². The van der Waals surface area contributed by atoms with E-state index in [1.54, 1.807) is 0 Å². The maximum Gasteiger partial charge on any atom is 0.111 e. The van der Waals surface area contributed by atoms with Gasteiger partial charge in [-0.1, -0.05) is 12.2 Å². The van der Waals surface area contributed by atoms with E-state index in [0.717, 1.165) is 37.5 Å². The van der Waals surface area contributed by atoms with Gasteiger partial charge in [-0.05, 0) is 6.92 Å². The van der Waals surface area contributed by atoms with E-state index in [9.17, 15) is 0 Å². The van der Waals surface area contributed by atoms with Crippen molar-refractivity contribution < 1.29 is 4.74 Å². The zero-order valence-electron chi connectivity index (χ0n) is 9.07. The molecule has 4 nitrogen and oxygen atoms in total. The summed E-state index contributed by atoms with van der Waals surface area (Å²) in [6.07, 6.45) is 3.84. The standard InChI is InChI=1S/C11H17N3O/c1-9(2)7-14-8-13-5-10(14)11-6-12-3-4-15-11/h5,8,11-12H,1,3-4,6-7H2,2H3. The molecular weight excluding hydrogens is 190 g/mol. The van der Waals surface area contributed by atoms with Gasteiger partial charge in [0, 0.05) is 19.6 Å². The second-order valence-corrected chi connectivity index (χ2v) is 3.97. The number of nitrogens with zero attached hydrogens (tertiary/aromatic N) is 2. The minimum atomic E-state index is 0.126. The van der Waals surface area contributed by atoms with E-state index >= 15 is 0 Å². The largest absolute Gasteiger partial charge is 0.369 e. The van der Waals surface area contributed by atoms with Gasteiger partial charge in [0.15, 0.2) is 0 Å². The fourth-order valence-corrected chi connectivity index (χ4v) is 1.78. The minimum absolute atomic E-state index is 0.126. The summed E-state index contributed by atoms with van der Waals surface area (Å²) in [5, 5.41) is 3.32. The van der Waals surface area contributed by atoms with Crippen molar-refractivity contribution in [1.82, 2.24) is 14.9 Å². The summed E-state index contributed by atoms with van der Waals surface area (Å²) in [6.45, 7) is 9.31. The second-order valence-electron chi connectivity index (χ2n) is 3.97. The van der Waals surface area contributed by atoms with E-state index in [0.29, 0.717) is 0 Å². The van der Waals surface area contributed by atoms with Crippen molar-refractivity contribution in [2.45, 2.75) is 19.6 Å². The highest BCUT2D eigenvalue weighted by Crippen LogP contribution is 2.18. The van der Waals surface area contributed by atoms with Gasteiger partial charge in [-0.2, -0.15) is 0 Å². The summed E-state index contributed by atoms with van der Waals surface area (Å²) in [5.74, 6) is 0. The molecule has 1 aromatic heterocycles. The molecular formula is C11H17N3O. The van der Waals surface area contributed by atoms with Gasteiger partial charge in [0.1, 0.15) is 6.10 Å². The number of nitrogens with one attached hydrogen (secondary N) is 1. The third-order valence-electron chi connectivity index (χ3n) is 2.44. The van der Waals surface area contributed by atoms with Crippen LogP contribution in [0, 0.1) is 0 Å². The van der Waals surface area contributed by atoms with Gasteiger partial charge < -0.3 is 14.6 Å². The molecule has 82 valence electrons. The van der Waals surface area contributed by atoms with Crippen LogP contribution < -0.4 is 5.32 Å². The fraction of sp³-hybridized carbons (Fsp3) is 0.545. The van der Waals surface area contributed by atoms with Crippen LogP contribution in [0.25, 0.3) is 0 Å². The molecule has 4 heteroatoms. The Hall–Kier alpha value is -1.13. The number of hydrogen-bond acceptors (Lipinski definition) is 3. The Balaban J connectivity index is 2.12. The molecule has 1 atom stereocenters. The third kappa shape index (κ3) is 2.46. The minimum Gasteiger partial charge on any atom is -0.369 e. The summed E-state index contributed by atoms with van der Waals surface area (Å²) in [6, 6.07) is 0. The van der Waals surface area contributed by atoms with Crippen molar-refractivity contribution in [2.24, 2.45) is 0 Å². The Labute approximate surface area is 90.0 Å². The van der Waals surface area contributed by atoms with Crippen LogP contribution in [-0.2, 0) is 11.3 Å². The molecule has 0 aromatic carbocycles. The number of morpholine rings is 1. The van der Waals surface area contributed by atoms with Crippen molar-refractivity contribution in [3.63, 3.8) is 0 Å². The molecule has 0 amide bonds. The van der Waals surface area contributed by atoms with E-state index < -0.39 is 0 Å². The van der Waals surface area contributed by atoms with E-state index in [4.69, 9.17) is 4.74 Å². The first-order valence-corrected chi connectivity index (χ1v) is 5.24. The van der Waals surface area contributed by atoms with E-state index in [-0.39, 0.29) is 6.10 Å². The molecule has 1 aliphatic heterocycles. The molecule has 1 aliphatic rings. The van der Waals surface area contributed by atoms with Gasteiger partial charge in [-0.25, -0.2) is 4.98 Å². The predicted molar refractivity (Wildman–Crippen MR) is 58.6 cm³/mol. The zero-order valence-corrected chi connectivity index (χ0v) is 9.07. The summed E-state index contributed by atoms with van der Waals surface area (Å²) in [7, 11) is 0. The third-order valence-corrected chi connectivity index (χ3v) is 2.44. The highest BCUT2D eigenvalue weighted by molar-refractivity contribution is 5.07. The lowest BCUT2D eigenvalue weighted by Crippen LogP contribution is -2.34. The Kier molecular flexibility index (Phi) is 3.18. The van der Waals surface area contributed by atoms with E-state index in [2.05, 4.69) is 21.4 Å². The van der Waals surface area contributed by atoms with Gasteiger partial charge >= 0.3 is 0 Å². The quantitative estimate of drug-likeness (QED) is 0.755. The number of rotatable bonds is 3.